The average Bonchev–Trinajstić information content (AvgIpc) is 2.20. The highest BCUT2D eigenvalue weighted by Crippen LogP contribution is 2.14. The molecule has 0 fully saturated rings. The van der Waals surface area contributed by atoms with Crippen LogP contribution in [0.5, 0.6) is 0 Å². The Kier molecular flexibility index (Phi) is 7.42. The molecule has 4 heteroatoms. The lowest BCUT2D eigenvalue weighted by molar-refractivity contribution is -0.144. The van der Waals surface area contributed by atoms with Crippen LogP contribution in [0.3, 0.4) is 0 Å². The fourth-order valence-corrected chi connectivity index (χ4v) is 1.44. The van der Waals surface area contributed by atoms with Gasteiger partial charge in [-0.1, -0.05) is 13.3 Å². The maximum Gasteiger partial charge on any atom is 0.306 e. The molecule has 0 aromatic carbocycles. The van der Waals surface area contributed by atoms with Crippen LogP contribution >= 0.6 is 0 Å². The number of rotatable bonds is 9. The molecule has 16 heavy (non-hydrogen) atoms. The lowest BCUT2D eigenvalue weighted by atomic mass is 9.94. The largest absolute Gasteiger partial charge is 0.481 e. The van der Waals surface area contributed by atoms with E-state index in [1.165, 1.54) is 6.92 Å². The third kappa shape index (κ3) is 7.15. The van der Waals surface area contributed by atoms with Crippen LogP contribution in [0.1, 0.15) is 52.4 Å². The van der Waals surface area contributed by atoms with Gasteiger partial charge in [-0.15, -0.1) is 0 Å². The predicted octanol–water partition coefficient (Wildman–Crippen LogP) is 2.21. The minimum atomic E-state index is -0.980. The summed E-state index contributed by atoms with van der Waals surface area (Å²) in [6, 6.07) is 0. The molecule has 0 aliphatic heterocycles. The normalized spacial score (nSPS) is 12.1. The van der Waals surface area contributed by atoms with Crippen molar-refractivity contribution in [1.29, 1.82) is 0 Å². The quantitative estimate of drug-likeness (QED) is 0.656. The first-order valence-corrected chi connectivity index (χ1v) is 5.71. The first-order valence-electron chi connectivity index (χ1n) is 5.71. The lowest BCUT2D eigenvalue weighted by Crippen LogP contribution is -2.18. The van der Waals surface area contributed by atoms with E-state index in [9.17, 15) is 14.4 Å². The van der Waals surface area contributed by atoms with Gasteiger partial charge in [0.05, 0.1) is 5.92 Å². The lowest BCUT2D eigenvalue weighted by Gasteiger charge is -2.10. The monoisotopic (exact) mass is 228 g/mol. The number of hydrogen-bond acceptors (Lipinski definition) is 3. The Hall–Kier alpha value is -1.19. The van der Waals surface area contributed by atoms with Gasteiger partial charge in [-0.25, -0.2) is 0 Å². The van der Waals surface area contributed by atoms with Crippen LogP contribution in [-0.4, -0.2) is 22.6 Å². The minimum absolute atomic E-state index is 0.0159. The molecule has 0 heterocycles. The van der Waals surface area contributed by atoms with E-state index in [1.807, 2.05) is 6.92 Å². The van der Waals surface area contributed by atoms with E-state index in [0.717, 1.165) is 12.8 Å². The van der Waals surface area contributed by atoms with Gasteiger partial charge in [0.2, 0.25) is 0 Å². The standard InChI is InChI=1S/C12H20O4/c1-3-4-5-11(14)8-10(12(15)16)7-6-9(2)13/h10H,3-8H2,1-2H3,(H,15,16)/t10-/m1/s1. The highest BCUT2D eigenvalue weighted by atomic mass is 16.4. The number of Topliss-reactive ketones (excluding diaryl/α,β-unsaturated/α-hetero) is 2. The van der Waals surface area contributed by atoms with Crippen LogP contribution in [0.2, 0.25) is 0 Å². The van der Waals surface area contributed by atoms with Gasteiger partial charge in [0.15, 0.2) is 0 Å². The number of carboxylic acid groups (broad SMARTS) is 1. The third-order valence-electron chi connectivity index (χ3n) is 2.48. The van der Waals surface area contributed by atoms with Crippen molar-refractivity contribution in [2.75, 3.05) is 0 Å². The van der Waals surface area contributed by atoms with Gasteiger partial charge < -0.3 is 9.90 Å². The second-order valence-corrected chi connectivity index (χ2v) is 4.12. The molecule has 0 aliphatic carbocycles. The van der Waals surface area contributed by atoms with Gasteiger partial charge in [0.25, 0.3) is 0 Å². The molecule has 4 nitrogen and oxygen atoms in total. The van der Waals surface area contributed by atoms with Gasteiger partial charge >= 0.3 is 5.97 Å². The minimum Gasteiger partial charge on any atom is -0.481 e. The summed E-state index contributed by atoms with van der Waals surface area (Å²) in [6.45, 7) is 3.41. The highest BCUT2D eigenvalue weighted by Gasteiger charge is 2.20. The summed E-state index contributed by atoms with van der Waals surface area (Å²) in [5.74, 6) is -1.73. The molecule has 0 saturated carbocycles. The molecule has 0 unspecified atom stereocenters. The maximum absolute atomic E-state index is 11.4. The van der Waals surface area contributed by atoms with Gasteiger partial charge in [-0.2, -0.15) is 0 Å². The third-order valence-corrected chi connectivity index (χ3v) is 2.48. The van der Waals surface area contributed by atoms with Crippen molar-refractivity contribution in [1.82, 2.24) is 0 Å². The first-order chi connectivity index (χ1) is 7.47. The summed E-state index contributed by atoms with van der Waals surface area (Å²) in [4.78, 5) is 33.0. The zero-order chi connectivity index (χ0) is 12.6. The number of hydrogen-bond donors (Lipinski definition) is 1. The smallest absolute Gasteiger partial charge is 0.306 e. The van der Waals surface area contributed by atoms with Crippen LogP contribution in [-0.2, 0) is 14.4 Å². The van der Waals surface area contributed by atoms with E-state index >= 15 is 0 Å². The van der Waals surface area contributed by atoms with Crippen molar-refractivity contribution in [2.45, 2.75) is 52.4 Å². The van der Waals surface area contributed by atoms with E-state index in [0.29, 0.717) is 6.42 Å². The predicted molar refractivity (Wildman–Crippen MR) is 60.2 cm³/mol. The number of carbonyl (C=O) groups excluding carboxylic acids is 2. The second kappa shape index (κ2) is 8.02. The summed E-state index contributed by atoms with van der Waals surface area (Å²) in [6.07, 6.45) is 2.73. The summed E-state index contributed by atoms with van der Waals surface area (Å²) in [7, 11) is 0. The second-order valence-electron chi connectivity index (χ2n) is 4.12. The summed E-state index contributed by atoms with van der Waals surface area (Å²) >= 11 is 0. The van der Waals surface area contributed by atoms with E-state index in [1.54, 1.807) is 0 Å². The van der Waals surface area contributed by atoms with Crippen molar-refractivity contribution in [3.8, 4) is 0 Å². The van der Waals surface area contributed by atoms with Crippen LogP contribution in [0, 0.1) is 5.92 Å². The highest BCUT2D eigenvalue weighted by molar-refractivity contribution is 5.84. The SMILES string of the molecule is CCCCC(=O)C[C@@H](CCC(C)=O)C(=O)O. The molecule has 1 atom stereocenters. The summed E-state index contributed by atoms with van der Waals surface area (Å²) in [5.41, 5.74) is 0. The van der Waals surface area contributed by atoms with Crippen molar-refractivity contribution in [3.05, 3.63) is 0 Å². The molecule has 0 amide bonds. The molecule has 92 valence electrons. The number of carbonyl (C=O) groups is 3. The molecule has 0 aromatic heterocycles. The molecule has 0 spiro atoms. The molecule has 0 rings (SSSR count). The molecule has 0 saturated heterocycles. The van der Waals surface area contributed by atoms with Crippen LogP contribution in [0.15, 0.2) is 0 Å². The number of unbranched alkanes of at least 4 members (excludes halogenated alkanes) is 1. The van der Waals surface area contributed by atoms with E-state index in [2.05, 4.69) is 0 Å². The summed E-state index contributed by atoms with van der Waals surface area (Å²) < 4.78 is 0. The zero-order valence-corrected chi connectivity index (χ0v) is 9.99. The Balaban J connectivity index is 4.07. The van der Waals surface area contributed by atoms with Gasteiger partial charge in [-0.3, -0.25) is 9.59 Å². The van der Waals surface area contributed by atoms with Crippen molar-refractivity contribution in [3.63, 3.8) is 0 Å². The fraction of sp³-hybridized carbons (Fsp3) is 0.750. The topological polar surface area (TPSA) is 71.4 Å². The first kappa shape index (κ1) is 14.8. The van der Waals surface area contributed by atoms with E-state index < -0.39 is 11.9 Å². The van der Waals surface area contributed by atoms with Crippen molar-refractivity contribution < 1.29 is 19.5 Å². The Labute approximate surface area is 96.0 Å². The molecular formula is C12H20O4. The fourth-order valence-electron chi connectivity index (χ4n) is 1.44. The van der Waals surface area contributed by atoms with Gasteiger partial charge in [-0.05, 0) is 19.8 Å². The Morgan fingerprint density at radius 3 is 2.25 bits per heavy atom. The Morgan fingerprint density at radius 2 is 1.81 bits per heavy atom. The number of aliphatic carboxylic acids is 1. The van der Waals surface area contributed by atoms with Crippen LogP contribution < -0.4 is 0 Å². The molecule has 0 radical (unpaired) electrons. The molecule has 1 N–H and O–H groups in total. The Morgan fingerprint density at radius 1 is 1.19 bits per heavy atom. The zero-order valence-electron chi connectivity index (χ0n) is 9.99. The van der Waals surface area contributed by atoms with Crippen molar-refractivity contribution in [2.24, 2.45) is 5.92 Å². The Bertz CT molecular complexity index is 258. The molecule has 0 aromatic rings. The molecule has 0 bridgehead atoms. The van der Waals surface area contributed by atoms with Crippen LogP contribution in [0.25, 0.3) is 0 Å². The maximum atomic E-state index is 11.4. The molecular weight excluding hydrogens is 208 g/mol. The average molecular weight is 228 g/mol. The molecule has 0 aliphatic rings. The van der Waals surface area contributed by atoms with Gasteiger partial charge in [0.1, 0.15) is 11.6 Å². The number of carboxylic acids is 1. The summed E-state index contributed by atoms with van der Waals surface area (Å²) in [5, 5.41) is 8.90. The van der Waals surface area contributed by atoms with Gasteiger partial charge in [0, 0.05) is 19.3 Å². The van der Waals surface area contributed by atoms with E-state index in [-0.39, 0.29) is 30.8 Å². The van der Waals surface area contributed by atoms with Crippen LogP contribution in [0.4, 0.5) is 0 Å². The van der Waals surface area contributed by atoms with E-state index in [4.69, 9.17) is 5.11 Å². The number of ketones is 2. The van der Waals surface area contributed by atoms with Crippen molar-refractivity contribution >= 4 is 17.5 Å².